The Morgan fingerprint density at radius 2 is 0.575 bits per heavy atom. The average Bonchev–Trinajstić information content (AvgIpc) is 3.42. The largest absolute Gasteiger partial charge is 0.808 e. The highest BCUT2D eigenvalue weighted by Crippen LogP contribution is 2.68. The first-order valence-electron chi connectivity index (χ1n) is 29.2. The van der Waals surface area contributed by atoms with Crippen LogP contribution in [0.15, 0.2) is 9.81 Å². The van der Waals surface area contributed by atoms with Crippen LogP contribution in [0.4, 0.5) is 0 Å². The highest BCUT2D eigenvalue weighted by Gasteiger charge is 2.76. The Morgan fingerprint density at radius 3 is 0.863 bits per heavy atom. The molecule has 0 bridgehead atoms. The zero-order valence-corrected chi connectivity index (χ0v) is 68.5. The van der Waals surface area contributed by atoms with Crippen LogP contribution in [0.3, 0.4) is 0 Å². The van der Waals surface area contributed by atoms with Crippen molar-refractivity contribution in [3.8, 4) is 0 Å². The zero-order valence-electron chi connectivity index (χ0n) is 51.4. The van der Waals surface area contributed by atoms with Gasteiger partial charge in [0.05, 0.1) is 9.81 Å². The molecule has 0 aromatic carbocycles. The molecule has 0 radical (unpaired) electrons. The second-order valence-electron chi connectivity index (χ2n) is 16.5. The van der Waals surface area contributed by atoms with Crippen molar-refractivity contribution < 1.29 is 53.1 Å². The Bertz CT molecular complexity index is 1420. The van der Waals surface area contributed by atoms with E-state index in [2.05, 4.69) is 132 Å². The summed E-state index contributed by atoms with van der Waals surface area (Å²) in [5, 5.41) is 0. The van der Waals surface area contributed by atoms with Crippen LogP contribution in [-0.4, -0.2) is 138 Å². The second kappa shape index (κ2) is 52.1. The lowest BCUT2D eigenvalue weighted by atomic mass is 10.0. The molecule has 1 rings (SSSR count). The minimum atomic E-state index is -3.50. The summed E-state index contributed by atoms with van der Waals surface area (Å²) in [6, 6.07) is 0. The van der Waals surface area contributed by atoms with Gasteiger partial charge in [-0.1, -0.05) is 66.2 Å². The minimum Gasteiger partial charge on any atom is -0.331 e. The first kappa shape index (κ1) is 83.7. The van der Waals surface area contributed by atoms with Crippen molar-refractivity contribution in [1.82, 2.24) is 0 Å². The molecule has 0 saturated heterocycles. The fraction of sp³-hybridized carbons (Fsp3) is 0.958. The predicted octanol–water partition coefficient (Wildman–Crippen LogP) is 19.5. The van der Waals surface area contributed by atoms with E-state index in [9.17, 15) is 0 Å². The van der Waals surface area contributed by atoms with Gasteiger partial charge in [-0.05, 0) is 171 Å². The SMILES string of the molecule is CCCSS[S+](SC1=C(S[S+](SSCCC)[Si](OCC)(OCC)OCC)C(S[S+](SSCCC)[Si](OCC)(OCC)OCC)(S[S+](SSCCC)[Si](OCC)(OCC)OCC)CCCCCCCCC1)[Si](OCC)(OCC)OCC. The van der Waals surface area contributed by atoms with Crippen LogP contribution < -0.4 is 0 Å². The average molecular weight is 1500 g/mol. The highest BCUT2D eigenvalue weighted by atomic mass is 33.8. The lowest BCUT2D eigenvalue weighted by Gasteiger charge is -2.35. The third-order valence-electron chi connectivity index (χ3n) is 10.0. The molecule has 0 aliphatic heterocycles. The summed E-state index contributed by atoms with van der Waals surface area (Å²) in [6.45, 7) is 39.9. The van der Waals surface area contributed by atoms with Crippen LogP contribution in [0.5, 0.6) is 0 Å². The van der Waals surface area contributed by atoms with E-state index in [1.165, 1.54) is 29.1 Å². The number of allylic oxidation sites excluding steroid dienone is 1. The zero-order chi connectivity index (χ0) is 59.4. The molecule has 0 saturated carbocycles. The van der Waals surface area contributed by atoms with Crippen molar-refractivity contribution >= 4 is 191 Å². The second-order valence-corrected chi connectivity index (χ2v) is 72.1. The molecule has 0 aromatic heterocycles. The van der Waals surface area contributed by atoms with E-state index in [1.807, 2.05) is 104 Å². The van der Waals surface area contributed by atoms with Crippen molar-refractivity contribution in [2.75, 3.05) is 102 Å². The summed E-state index contributed by atoms with van der Waals surface area (Å²) >= 11 is 0. The van der Waals surface area contributed by atoms with Gasteiger partial charge in [0.2, 0.25) is 0 Å². The Balaban J connectivity index is 5.50. The van der Waals surface area contributed by atoms with Crippen LogP contribution in [0, 0.1) is 0 Å². The van der Waals surface area contributed by atoms with Gasteiger partial charge in [-0.15, -0.1) is 0 Å². The summed E-state index contributed by atoms with van der Waals surface area (Å²) in [4.78, 5) is 2.67. The van der Waals surface area contributed by atoms with Crippen LogP contribution in [0.25, 0.3) is 0 Å². The van der Waals surface area contributed by atoms with E-state index in [0.29, 0.717) is 79.3 Å². The van der Waals surface area contributed by atoms with Crippen LogP contribution in [0.2, 0.25) is 0 Å². The van der Waals surface area contributed by atoms with Gasteiger partial charge >= 0.3 is 31.8 Å². The molecule has 0 spiro atoms. The number of rotatable bonds is 52. The van der Waals surface area contributed by atoms with Crippen molar-refractivity contribution in [2.45, 2.75) is 198 Å². The number of hydrogen-bond donors (Lipinski definition) is 0. The van der Waals surface area contributed by atoms with E-state index < -0.39 is 69.5 Å². The Hall–Kier alpha value is 5.73. The maximum absolute atomic E-state index is 7.13. The smallest absolute Gasteiger partial charge is 0.331 e. The summed E-state index contributed by atoms with van der Waals surface area (Å²) in [6.07, 6.45) is 13.8. The van der Waals surface area contributed by atoms with Crippen molar-refractivity contribution in [3.63, 3.8) is 0 Å². The van der Waals surface area contributed by atoms with Gasteiger partial charge in [0, 0.05) is 102 Å². The quantitative estimate of drug-likeness (QED) is 0.0189. The van der Waals surface area contributed by atoms with Gasteiger partial charge in [-0.25, -0.2) is 0 Å². The van der Waals surface area contributed by atoms with E-state index >= 15 is 0 Å². The van der Waals surface area contributed by atoms with E-state index in [0.717, 1.165) is 87.2 Å². The molecule has 4 atom stereocenters. The molecule has 0 N–H and O–H groups in total. The lowest BCUT2D eigenvalue weighted by Crippen LogP contribution is -2.54. The molecule has 32 heteroatoms. The molecule has 478 valence electrons. The predicted molar refractivity (Wildman–Crippen MR) is 395 cm³/mol. The third-order valence-corrected chi connectivity index (χ3v) is 87.2. The standard InChI is InChI=1S/C48H106O12S16Si4/c1-17-42-61-69-73(77(49-21-5,50-22-6)51-23-7)65-46-40-38-36-34-33-35-37-39-41-48(67-75(71-63-44-19-3)79(55-27-11,56-28-12)57-29-13,68-76(72-64-45-20-4)80(58-30-14,59-31-15)60-32-16)47(46)66-74(70-62-43-18-2)78(52-24-8,53-25-9)54-26-10/h17-45H2,1-16H3/q+4. The molecular weight excluding hydrogens is 1390 g/mol. The van der Waals surface area contributed by atoms with Gasteiger partial charge < -0.3 is 53.1 Å². The normalized spacial score (nSPS) is 18.3. The fourth-order valence-electron chi connectivity index (χ4n) is 7.01. The molecule has 0 fully saturated rings. The maximum Gasteiger partial charge on any atom is 0.808 e. The minimum absolute atomic E-state index is 0.477. The van der Waals surface area contributed by atoms with Crippen molar-refractivity contribution in [3.05, 3.63) is 9.81 Å². The van der Waals surface area contributed by atoms with Crippen LogP contribution >= 0.6 is 126 Å². The van der Waals surface area contributed by atoms with Crippen LogP contribution in [0.1, 0.15) is 194 Å². The van der Waals surface area contributed by atoms with Gasteiger partial charge in [0.1, 0.15) is 43.2 Å². The first-order valence-corrected chi connectivity index (χ1v) is 60.6. The fourth-order valence-corrected chi connectivity index (χ4v) is 95.7. The number of hydrogen-bond acceptors (Lipinski definition) is 24. The summed E-state index contributed by atoms with van der Waals surface area (Å²) in [5.74, 6) is 3.96. The molecular formula is C48H106O12S16Si4+4. The van der Waals surface area contributed by atoms with E-state index in [4.69, 9.17) is 53.1 Å². The van der Waals surface area contributed by atoms with Gasteiger partial charge in [-0.3, -0.25) is 0 Å². The molecule has 0 aromatic rings. The molecule has 0 heterocycles. The molecule has 1 aliphatic rings. The van der Waals surface area contributed by atoms with Crippen molar-refractivity contribution in [1.29, 1.82) is 0 Å². The van der Waals surface area contributed by atoms with Crippen LogP contribution in [-0.2, 0) is 86.7 Å². The molecule has 1 aliphatic carbocycles. The Kier molecular flexibility index (Phi) is 54.6. The topological polar surface area (TPSA) is 111 Å². The summed E-state index contributed by atoms with van der Waals surface area (Å²) < 4.78 is 84.5. The molecule has 12 nitrogen and oxygen atoms in total. The molecule has 80 heavy (non-hydrogen) atoms. The highest BCUT2D eigenvalue weighted by molar-refractivity contribution is 9.33. The molecule has 4 unspecified atom stereocenters. The first-order chi connectivity index (χ1) is 38.9. The van der Waals surface area contributed by atoms with Crippen molar-refractivity contribution in [2.24, 2.45) is 0 Å². The third kappa shape index (κ3) is 29.8. The lowest BCUT2D eigenvalue weighted by molar-refractivity contribution is 0.0958. The summed E-state index contributed by atoms with van der Waals surface area (Å²) in [7, 11) is 6.92. The monoisotopic (exact) mass is 1500 g/mol. The summed E-state index contributed by atoms with van der Waals surface area (Å²) in [5.41, 5.74) is 0. The van der Waals surface area contributed by atoms with Gasteiger partial charge in [0.25, 0.3) is 0 Å². The van der Waals surface area contributed by atoms with E-state index in [1.54, 1.807) is 0 Å². The van der Waals surface area contributed by atoms with Gasteiger partial charge in [0.15, 0.2) is 77.0 Å². The maximum atomic E-state index is 7.13. The van der Waals surface area contributed by atoms with E-state index in [-0.39, 0.29) is 0 Å². The van der Waals surface area contributed by atoms with Gasteiger partial charge in [-0.2, -0.15) is 0 Å². The molecule has 0 amide bonds. The Labute approximate surface area is 548 Å². The Morgan fingerprint density at radius 1 is 0.325 bits per heavy atom.